The van der Waals surface area contributed by atoms with Crippen LogP contribution in [0.4, 0.5) is 10.1 Å². The molecule has 0 saturated carbocycles. The van der Waals surface area contributed by atoms with Gasteiger partial charge in [0, 0.05) is 5.56 Å². The molecular formula is C14H8BrFN2O. The molecule has 0 fully saturated rings. The zero-order valence-corrected chi connectivity index (χ0v) is 11.2. The summed E-state index contributed by atoms with van der Waals surface area (Å²) in [5, 5.41) is 11.5. The zero-order valence-electron chi connectivity index (χ0n) is 9.65. The van der Waals surface area contributed by atoms with Crippen molar-refractivity contribution >= 4 is 27.5 Å². The van der Waals surface area contributed by atoms with E-state index < -0.39 is 11.7 Å². The molecule has 2 rings (SSSR count). The fourth-order valence-corrected chi connectivity index (χ4v) is 1.90. The minimum Gasteiger partial charge on any atom is -0.321 e. The minimum absolute atomic E-state index is 0.216. The lowest BCUT2D eigenvalue weighted by Crippen LogP contribution is -2.13. The zero-order chi connectivity index (χ0) is 13.8. The lowest BCUT2D eigenvalue weighted by atomic mass is 10.1. The lowest BCUT2D eigenvalue weighted by Gasteiger charge is -2.07. The van der Waals surface area contributed by atoms with Gasteiger partial charge in [0.05, 0.1) is 15.7 Å². The second-order valence-corrected chi connectivity index (χ2v) is 4.59. The molecule has 0 atom stereocenters. The van der Waals surface area contributed by atoms with Gasteiger partial charge in [-0.25, -0.2) is 4.39 Å². The van der Waals surface area contributed by atoms with E-state index in [1.54, 1.807) is 24.3 Å². The van der Waals surface area contributed by atoms with Crippen LogP contribution in [0, 0.1) is 17.1 Å². The molecule has 0 aliphatic rings. The molecule has 2 aromatic rings. The third kappa shape index (κ3) is 2.98. The molecule has 0 unspecified atom stereocenters. The second kappa shape index (κ2) is 5.63. The van der Waals surface area contributed by atoms with Crippen molar-refractivity contribution < 1.29 is 9.18 Å². The van der Waals surface area contributed by atoms with Gasteiger partial charge in [0.15, 0.2) is 0 Å². The van der Waals surface area contributed by atoms with Crippen molar-refractivity contribution in [2.45, 2.75) is 0 Å². The highest BCUT2D eigenvalue weighted by atomic mass is 79.9. The first kappa shape index (κ1) is 13.2. The summed E-state index contributed by atoms with van der Waals surface area (Å²) in [6, 6.07) is 12.6. The Balaban J connectivity index is 2.26. The Morgan fingerprint density at radius 3 is 2.68 bits per heavy atom. The van der Waals surface area contributed by atoms with E-state index in [0.29, 0.717) is 16.8 Å². The van der Waals surface area contributed by atoms with Crippen molar-refractivity contribution in [2.24, 2.45) is 0 Å². The van der Waals surface area contributed by atoms with E-state index in [1.807, 2.05) is 6.07 Å². The van der Waals surface area contributed by atoms with Crippen LogP contribution in [0.3, 0.4) is 0 Å². The van der Waals surface area contributed by atoms with Crippen molar-refractivity contribution in [3.63, 3.8) is 0 Å². The van der Waals surface area contributed by atoms with Crippen LogP contribution >= 0.6 is 15.9 Å². The van der Waals surface area contributed by atoms with Gasteiger partial charge in [0.1, 0.15) is 11.9 Å². The quantitative estimate of drug-likeness (QED) is 0.917. The molecular weight excluding hydrogens is 311 g/mol. The number of rotatable bonds is 2. The molecule has 0 aromatic heterocycles. The fourth-order valence-electron chi connectivity index (χ4n) is 1.52. The van der Waals surface area contributed by atoms with Gasteiger partial charge in [0.25, 0.3) is 5.91 Å². The number of nitrogens with one attached hydrogen (secondary N) is 1. The number of nitriles is 1. The third-order valence-electron chi connectivity index (χ3n) is 2.48. The highest BCUT2D eigenvalue weighted by molar-refractivity contribution is 9.10. The summed E-state index contributed by atoms with van der Waals surface area (Å²) in [6.45, 7) is 0. The Hall–Kier alpha value is -2.19. The molecule has 0 radical (unpaired) electrons. The third-order valence-corrected chi connectivity index (χ3v) is 3.09. The molecule has 19 heavy (non-hydrogen) atoms. The van der Waals surface area contributed by atoms with E-state index >= 15 is 0 Å². The average molecular weight is 319 g/mol. The van der Waals surface area contributed by atoms with Crippen molar-refractivity contribution in [1.82, 2.24) is 0 Å². The van der Waals surface area contributed by atoms with Gasteiger partial charge in [-0.15, -0.1) is 0 Å². The van der Waals surface area contributed by atoms with Crippen molar-refractivity contribution in [1.29, 1.82) is 5.26 Å². The van der Waals surface area contributed by atoms with Crippen molar-refractivity contribution in [2.75, 3.05) is 5.32 Å². The molecule has 3 nitrogen and oxygen atoms in total. The molecule has 1 amide bonds. The van der Waals surface area contributed by atoms with E-state index in [0.717, 1.165) is 0 Å². The van der Waals surface area contributed by atoms with Crippen LogP contribution in [-0.2, 0) is 0 Å². The van der Waals surface area contributed by atoms with Crippen LogP contribution in [0.2, 0.25) is 0 Å². The number of halogens is 2. The number of amides is 1. The lowest BCUT2D eigenvalue weighted by molar-refractivity contribution is 0.102. The van der Waals surface area contributed by atoms with Crippen molar-refractivity contribution in [3.8, 4) is 6.07 Å². The Kier molecular flexibility index (Phi) is 3.93. The molecule has 0 aliphatic carbocycles. The number of nitrogens with zero attached hydrogens (tertiary/aromatic N) is 1. The molecule has 2 aromatic carbocycles. The van der Waals surface area contributed by atoms with Crippen molar-refractivity contribution in [3.05, 3.63) is 63.9 Å². The van der Waals surface area contributed by atoms with Gasteiger partial charge in [0.2, 0.25) is 0 Å². The molecule has 94 valence electrons. The first-order chi connectivity index (χ1) is 9.11. The van der Waals surface area contributed by atoms with Crippen LogP contribution < -0.4 is 5.32 Å². The molecule has 0 spiro atoms. The summed E-state index contributed by atoms with van der Waals surface area (Å²) in [7, 11) is 0. The summed E-state index contributed by atoms with van der Waals surface area (Å²) in [6.07, 6.45) is 0. The summed E-state index contributed by atoms with van der Waals surface area (Å²) < 4.78 is 13.3. The normalized spacial score (nSPS) is 9.74. The van der Waals surface area contributed by atoms with E-state index in [9.17, 15) is 9.18 Å². The number of carbonyl (C=O) groups excluding carboxylic acids is 1. The van der Waals surface area contributed by atoms with Gasteiger partial charge in [-0.3, -0.25) is 4.79 Å². The first-order valence-corrected chi connectivity index (χ1v) is 6.16. The van der Waals surface area contributed by atoms with Crippen LogP contribution in [0.5, 0.6) is 0 Å². The molecule has 5 heteroatoms. The van der Waals surface area contributed by atoms with Gasteiger partial charge in [-0.1, -0.05) is 12.1 Å². The van der Waals surface area contributed by atoms with E-state index in [2.05, 4.69) is 21.2 Å². The van der Waals surface area contributed by atoms with Crippen LogP contribution in [0.1, 0.15) is 15.9 Å². The summed E-state index contributed by atoms with van der Waals surface area (Å²) in [5.41, 5.74) is 1.11. The minimum atomic E-state index is -0.436. The van der Waals surface area contributed by atoms with Gasteiger partial charge in [-0.2, -0.15) is 5.26 Å². The Morgan fingerprint density at radius 1 is 1.26 bits per heavy atom. The topological polar surface area (TPSA) is 52.9 Å². The summed E-state index contributed by atoms with van der Waals surface area (Å²) >= 11 is 3.02. The number of carbonyl (C=O) groups is 1. The molecule has 1 N–H and O–H groups in total. The average Bonchev–Trinajstić information content (AvgIpc) is 2.42. The summed E-state index contributed by atoms with van der Waals surface area (Å²) in [5.74, 6) is -0.836. The predicted molar refractivity (Wildman–Crippen MR) is 73.2 cm³/mol. The Morgan fingerprint density at radius 2 is 2.00 bits per heavy atom. The van der Waals surface area contributed by atoms with Gasteiger partial charge < -0.3 is 5.32 Å². The number of hydrogen-bond donors (Lipinski definition) is 1. The smallest absolute Gasteiger partial charge is 0.255 e. The standard InChI is InChI=1S/C14H8BrFN2O/c15-11-7-9(5-6-12(11)16)14(19)18-13-4-2-1-3-10(13)8-17/h1-7H,(H,18,19). The van der Waals surface area contributed by atoms with Crippen LogP contribution in [0.15, 0.2) is 46.9 Å². The maximum atomic E-state index is 13.1. The highest BCUT2D eigenvalue weighted by Gasteiger charge is 2.10. The Labute approximate surface area is 117 Å². The number of benzene rings is 2. The largest absolute Gasteiger partial charge is 0.321 e. The predicted octanol–water partition coefficient (Wildman–Crippen LogP) is 3.71. The number of anilines is 1. The molecule has 0 heterocycles. The molecule has 0 bridgehead atoms. The monoisotopic (exact) mass is 318 g/mol. The van der Waals surface area contributed by atoms with E-state index in [1.165, 1.54) is 18.2 Å². The summed E-state index contributed by atoms with van der Waals surface area (Å²) in [4.78, 5) is 12.0. The van der Waals surface area contributed by atoms with Gasteiger partial charge in [-0.05, 0) is 46.3 Å². The maximum absolute atomic E-state index is 13.1. The van der Waals surface area contributed by atoms with E-state index in [4.69, 9.17) is 5.26 Å². The van der Waals surface area contributed by atoms with Crippen LogP contribution in [-0.4, -0.2) is 5.91 Å². The maximum Gasteiger partial charge on any atom is 0.255 e. The molecule has 0 aliphatic heterocycles. The van der Waals surface area contributed by atoms with E-state index in [-0.39, 0.29) is 4.47 Å². The first-order valence-electron chi connectivity index (χ1n) is 5.37. The number of para-hydroxylation sites is 1. The highest BCUT2D eigenvalue weighted by Crippen LogP contribution is 2.19. The molecule has 0 saturated heterocycles. The Bertz CT molecular complexity index is 679. The SMILES string of the molecule is N#Cc1ccccc1NC(=O)c1ccc(F)c(Br)c1. The van der Waals surface area contributed by atoms with Crippen LogP contribution in [0.25, 0.3) is 0 Å². The second-order valence-electron chi connectivity index (χ2n) is 3.74. The number of hydrogen-bond acceptors (Lipinski definition) is 2. The van der Waals surface area contributed by atoms with Gasteiger partial charge >= 0.3 is 0 Å². The fraction of sp³-hybridized carbons (Fsp3) is 0.